The molecule has 11 heteroatoms. The van der Waals surface area contributed by atoms with Crippen LogP contribution in [0.1, 0.15) is 18.1 Å². The second kappa shape index (κ2) is 9.71. The summed E-state index contributed by atoms with van der Waals surface area (Å²) in [4.78, 5) is 25.7. The molecule has 3 aromatic rings. The lowest BCUT2D eigenvalue weighted by molar-refractivity contribution is -0.114. The molecule has 0 fully saturated rings. The number of anilines is 3. The van der Waals surface area contributed by atoms with Gasteiger partial charge in [0.15, 0.2) is 0 Å². The van der Waals surface area contributed by atoms with E-state index in [1.54, 1.807) is 0 Å². The molecule has 0 radical (unpaired) electrons. The second-order valence-electron chi connectivity index (χ2n) is 7.83. The van der Waals surface area contributed by atoms with Gasteiger partial charge in [-0.2, -0.15) is 0 Å². The molecular formula is C24H21F2N3O5S. The molecule has 4 rings (SSSR count). The van der Waals surface area contributed by atoms with E-state index in [-0.39, 0.29) is 23.7 Å². The van der Waals surface area contributed by atoms with E-state index in [9.17, 15) is 26.8 Å². The Morgan fingerprint density at radius 1 is 1.03 bits per heavy atom. The van der Waals surface area contributed by atoms with Crippen LogP contribution in [0.15, 0.2) is 65.6 Å². The number of rotatable bonds is 6. The molecule has 35 heavy (non-hydrogen) atoms. The number of carbonyl (C=O) groups is 2. The summed E-state index contributed by atoms with van der Waals surface area (Å²) in [5.41, 5.74) is 1.25. The van der Waals surface area contributed by atoms with E-state index in [4.69, 9.17) is 4.74 Å². The molecule has 0 spiro atoms. The fourth-order valence-electron chi connectivity index (χ4n) is 3.71. The van der Waals surface area contributed by atoms with Crippen LogP contribution in [-0.4, -0.2) is 27.0 Å². The summed E-state index contributed by atoms with van der Waals surface area (Å²) < 4.78 is 60.6. The monoisotopic (exact) mass is 501 g/mol. The van der Waals surface area contributed by atoms with Crippen LogP contribution >= 0.6 is 0 Å². The summed E-state index contributed by atoms with van der Waals surface area (Å²) in [5.74, 6) is -2.41. The number of halogens is 2. The highest BCUT2D eigenvalue weighted by molar-refractivity contribution is 7.92. The Hall–Kier alpha value is -3.99. The van der Waals surface area contributed by atoms with Crippen molar-refractivity contribution >= 4 is 39.1 Å². The van der Waals surface area contributed by atoms with Gasteiger partial charge in [-0.15, -0.1) is 0 Å². The fraction of sp³-hybridized carbons (Fsp3) is 0.167. The minimum absolute atomic E-state index is 0.0423. The highest BCUT2D eigenvalue weighted by atomic mass is 32.2. The van der Waals surface area contributed by atoms with Crippen molar-refractivity contribution in [2.24, 2.45) is 0 Å². The lowest BCUT2D eigenvalue weighted by Gasteiger charge is -2.21. The highest BCUT2D eigenvalue weighted by Gasteiger charge is 2.31. The lowest BCUT2D eigenvalue weighted by Crippen LogP contribution is -2.30. The first-order chi connectivity index (χ1) is 16.6. The number of fused-ring (bicyclic) bond motifs is 1. The van der Waals surface area contributed by atoms with E-state index in [2.05, 4.69) is 10.0 Å². The third kappa shape index (κ3) is 5.40. The molecule has 1 aliphatic heterocycles. The normalized spacial score (nSPS) is 12.7. The molecule has 0 bridgehead atoms. The molecule has 0 saturated heterocycles. The first-order valence-electron chi connectivity index (χ1n) is 10.5. The van der Waals surface area contributed by atoms with E-state index < -0.39 is 39.3 Å². The van der Waals surface area contributed by atoms with Crippen LogP contribution in [0.25, 0.3) is 0 Å². The minimum atomic E-state index is -4.31. The Morgan fingerprint density at radius 3 is 2.46 bits per heavy atom. The fourth-order valence-corrected chi connectivity index (χ4v) is 4.86. The van der Waals surface area contributed by atoms with Gasteiger partial charge in [0.25, 0.3) is 10.0 Å². The number of nitrogens with one attached hydrogen (secondary N) is 2. The molecule has 0 atom stereocenters. The zero-order valence-electron chi connectivity index (χ0n) is 18.5. The molecular weight excluding hydrogens is 480 g/mol. The summed E-state index contributed by atoms with van der Waals surface area (Å²) >= 11 is 0. The lowest BCUT2D eigenvalue weighted by atomic mass is 10.1. The predicted octanol–water partition coefficient (Wildman–Crippen LogP) is 4.42. The van der Waals surface area contributed by atoms with E-state index >= 15 is 0 Å². The van der Waals surface area contributed by atoms with Gasteiger partial charge >= 0.3 is 6.09 Å². The number of nitrogens with zero attached hydrogens (tertiary/aromatic N) is 1. The van der Waals surface area contributed by atoms with Crippen molar-refractivity contribution in [2.45, 2.75) is 24.8 Å². The minimum Gasteiger partial charge on any atom is -0.444 e. The zero-order chi connectivity index (χ0) is 25.2. The standard InChI is InChI=1S/C24H21F2N3O5S/c1-15(30)27-22-13-19(35(32,33)28-21-8-7-18(25)12-20(21)26)11-17-9-10-29(23(17)22)24(31)34-14-16-5-3-2-4-6-16/h2-8,11-13,28H,9-10,14H2,1H3,(H,27,30). The quantitative estimate of drug-likeness (QED) is 0.520. The van der Waals surface area contributed by atoms with Gasteiger partial charge in [-0.05, 0) is 41.8 Å². The van der Waals surface area contributed by atoms with Gasteiger partial charge in [-0.3, -0.25) is 14.4 Å². The highest BCUT2D eigenvalue weighted by Crippen LogP contribution is 2.39. The molecule has 0 aliphatic carbocycles. The predicted molar refractivity (Wildman–Crippen MR) is 126 cm³/mol. The number of hydrogen-bond acceptors (Lipinski definition) is 5. The largest absolute Gasteiger partial charge is 0.444 e. The summed E-state index contributed by atoms with van der Waals surface area (Å²) in [6, 6.07) is 14.1. The van der Waals surface area contributed by atoms with Gasteiger partial charge in [-0.1, -0.05) is 30.3 Å². The number of hydrogen-bond donors (Lipinski definition) is 2. The van der Waals surface area contributed by atoms with Gasteiger partial charge in [-0.25, -0.2) is 22.0 Å². The summed E-state index contributed by atoms with van der Waals surface area (Å²) in [6.45, 7) is 1.49. The Balaban J connectivity index is 1.64. The van der Waals surface area contributed by atoms with Crippen LogP contribution in [0.5, 0.6) is 0 Å². The van der Waals surface area contributed by atoms with Crippen molar-refractivity contribution in [3.8, 4) is 0 Å². The first kappa shape index (κ1) is 24.1. The van der Waals surface area contributed by atoms with Crippen LogP contribution in [0.3, 0.4) is 0 Å². The number of sulfonamides is 1. The summed E-state index contributed by atoms with van der Waals surface area (Å²) in [5, 5.41) is 2.55. The molecule has 0 aromatic heterocycles. The number of carbonyl (C=O) groups excluding carboxylic acids is 2. The van der Waals surface area contributed by atoms with Gasteiger partial charge < -0.3 is 10.1 Å². The van der Waals surface area contributed by atoms with Crippen LogP contribution < -0.4 is 14.9 Å². The van der Waals surface area contributed by atoms with Gasteiger partial charge in [0.2, 0.25) is 5.91 Å². The van der Waals surface area contributed by atoms with E-state index in [0.29, 0.717) is 23.7 Å². The Labute approximate surface area is 200 Å². The maximum atomic E-state index is 14.0. The Kier molecular flexibility index (Phi) is 6.70. The average Bonchev–Trinajstić information content (AvgIpc) is 3.24. The molecule has 2 N–H and O–H groups in total. The van der Waals surface area contributed by atoms with Crippen molar-refractivity contribution < 1.29 is 31.5 Å². The molecule has 0 unspecified atom stereocenters. The van der Waals surface area contributed by atoms with E-state index in [0.717, 1.165) is 17.7 Å². The molecule has 182 valence electrons. The average molecular weight is 502 g/mol. The van der Waals surface area contributed by atoms with Gasteiger partial charge in [0, 0.05) is 19.5 Å². The second-order valence-corrected chi connectivity index (χ2v) is 9.51. The van der Waals surface area contributed by atoms with Crippen molar-refractivity contribution in [3.05, 3.63) is 83.4 Å². The molecule has 1 heterocycles. The van der Waals surface area contributed by atoms with E-state index in [1.807, 2.05) is 30.3 Å². The van der Waals surface area contributed by atoms with Gasteiger partial charge in [0.05, 0.1) is 22.0 Å². The zero-order valence-corrected chi connectivity index (χ0v) is 19.4. The third-order valence-corrected chi connectivity index (χ3v) is 6.60. The Morgan fingerprint density at radius 2 is 1.77 bits per heavy atom. The van der Waals surface area contributed by atoms with Crippen LogP contribution in [0.2, 0.25) is 0 Å². The smallest absolute Gasteiger partial charge is 0.414 e. The van der Waals surface area contributed by atoms with Crippen molar-refractivity contribution in [2.75, 3.05) is 21.5 Å². The molecule has 0 saturated carbocycles. The number of benzene rings is 3. The van der Waals surface area contributed by atoms with Crippen molar-refractivity contribution in [1.82, 2.24) is 0 Å². The SMILES string of the molecule is CC(=O)Nc1cc(S(=O)(=O)Nc2ccc(F)cc2F)cc2c1N(C(=O)OCc1ccccc1)CC2. The maximum Gasteiger partial charge on any atom is 0.414 e. The number of amides is 2. The molecule has 1 aliphatic rings. The Bertz CT molecular complexity index is 1400. The maximum absolute atomic E-state index is 14.0. The van der Waals surface area contributed by atoms with Crippen molar-refractivity contribution in [3.63, 3.8) is 0 Å². The third-order valence-electron chi connectivity index (χ3n) is 5.26. The van der Waals surface area contributed by atoms with Gasteiger partial charge in [0.1, 0.15) is 18.2 Å². The number of ether oxygens (including phenoxy) is 1. The van der Waals surface area contributed by atoms with Crippen LogP contribution in [0.4, 0.5) is 30.6 Å². The molecule has 8 nitrogen and oxygen atoms in total. The van der Waals surface area contributed by atoms with Crippen LogP contribution in [0, 0.1) is 11.6 Å². The van der Waals surface area contributed by atoms with Crippen molar-refractivity contribution in [1.29, 1.82) is 0 Å². The summed E-state index contributed by atoms with van der Waals surface area (Å²) in [6.07, 6.45) is -0.349. The molecule has 3 aromatic carbocycles. The molecule has 2 amide bonds. The van der Waals surface area contributed by atoms with E-state index in [1.165, 1.54) is 24.0 Å². The van der Waals surface area contributed by atoms with Crippen LogP contribution in [-0.2, 0) is 32.6 Å². The topological polar surface area (TPSA) is 105 Å². The summed E-state index contributed by atoms with van der Waals surface area (Å²) in [7, 11) is -4.31. The first-order valence-corrected chi connectivity index (χ1v) is 12.0.